The molecule has 2 rings (SSSR count). The van der Waals surface area contributed by atoms with E-state index in [0.717, 1.165) is 0 Å². The molecule has 1 spiro atoms. The average molecular weight is 224 g/mol. The molecule has 2 heterocycles. The van der Waals surface area contributed by atoms with Gasteiger partial charge in [0.05, 0.1) is 25.0 Å². The van der Waals surface area contributed by atoms with E-state index in [0.29, 0.717) is 0 Å². The van der Waals surface area contributed by atoms with E-state index in [2.05, 4.69) is 0 Å². The molecule has 2 fully saturated rings. The van der Waals surface area contributed by atoms with Crippen LogP contribution >= 0.6 is 0 Å². The van der Waals surface area contributed by atoms with Gasteiger partial charge >= 0.3 is 16.2 Å². The molecular formula is C7H9FO5S. The van der Waals surface area contributed by atoms with E-state index in [9.17, 15) is 17.1 Å². The first-order chi connectivity index (χ1) is 6.41. The van der Waals surface area contributed by atoms with Crippen molar-refractivity contribution in [3.05, 3.63) is 0 Å². The Labute approximate surface area is 80.4 Å². The molecular weight excluding hydrogens is 215 g/mol. The first-order valence-corrected chi connectivity index (χ1v) is 5.66. The summed E-state index contributed by atoms with van der Waals surface area (Å²) in [4.78, 5) is 11.0. The molecule has 1 unspecified atom stereocenters. The van der Waals surface area contributed by atoms with Gasteiger partial charge in [-0.1, -0.05) is 0 Å². The molecule has 0 radical (unpaired) electrons. The van der Waals surface area contributed by atoms with Gasteiger partial charge < -0.3 is 9.47 Å². The Bertz CT molecular complexity index is 358. The molecule has 0 amide bonds. The van der Waals surface area contributed by atoms with Crippen LogP contribution in [0.5, 0.6) is 0 Å². The quantitative estimate of drug-likeness (QED) is 0.472. The predicted molar refractivity (Wildman–Crippen MR) is 42.6 cm³/mol. The van der Waals surface area contributed by atoms with Crippen LogP contribution in [0.1, 0.15) is 6.42 Å². The van der Waals surface area contributed by atoms with Crippen molar-refractivity contribution >= 4 is 16.2 Å². The number of cyclic esters (lactones) is 1. The Hall–Kier alpha value is -0.690. The zero-order valence-electron chi connectivity index (χ0n) is 7.23. The number of rotatable bonds is 2. The third kappa shape index (κ3) is 1.61. The van der Waals surface area contributed by atoms with Gasteiger partial charge in [-0.15, -0.1) is 3.89 Å². The molecule has 0 N–H and O–H groups in total. The number of hydrogen-bond donors (Lipinski definition) is 0. The van der Waals surface area contributed by atoms with Gasteiger partial charge in [-0.3, -0.25) is 4.79 Å². The normalized spacial score (nSPS) is 30.1. The molecule has 0 aromatic rings. The Morgan fingerprint density at radius 2 is 2.14 bits per heavy atom. The fourth-order valence-electron chi connectivity index (χ4n) is 1.77. The van der Waals surface area contributed by atoms with Gasteiger partial charge in [-0.05, 0) is 0 Å². The van der Waals surface area contributed by atoms with E-state index in [4.69, 9.17) is 9.47 Å². The third-order valence-corrected chi connectivity index (χ3v) is 3.28. The highest BCUT2D eigenvalue weighted by molar-refractivity contribution is 7.86. The summed E-state index contributed by atoms with van der Waals surface area (Å²) in [6, 6.07) is 0. The number of carbonyl (C=O) groups is 1. The highest BCUT2D eigenvalue weighted by Gasteiger charge is 2.55. The summed E-state index contributed by atoms with van der Waals surface area (Å²) in [5.74, 6) is -1.25. The molecule has 80 valence electrons. The Balaban J connectivity index is 2.14. The molecule has 7 heteroatoms. The van der Waals surface area contributed by atoms with Gasteiger partial charge in [0, 0.05) is 0 Å². The lowest BCUT2D eigenvalue weighted by Crippen LogP contribution is -2.50. The largest absolute Gasteiger partial charge is 0.460 e. The highest BCUT2D eigenvalue weighted by Crippen LogP contribution is 2.42. The van der Waals surface area contributed by atoms with Crippen LogP contribution in [0.4, 0.5) is 3.89 Å². The monoisotopic (exact) mass is 224 g/mol. The minimum atomic E-state index is -4.61. The Morgan fingerprint density at radius 3 is 2.57 bits per heavy atom. The van der Waals surface area contributed by atoms with Crippen LogP contribution in [-0.4, -0.2) is 39.5 Å². The van der Waals surface area contributed by atoms with Crippen molar-refractivity contribution in [3.8, 4) is 0 Å². The van der Waals surface area contributed by atoms with Gasteiger partial charge in [-0.2, -0.15) is 8.42 Å². The second-order valence-electron chi connectivity index (χ2n) is 3.72. The van der Waals surface area contributed by atoms with E-state index < -0.39 is 33.5 Å². The molecule has 14 heavy (non-hydrogen) atoms. The lowest BCUT2D eigenvalue weighted by molar-refractivity contribution is -0.147. The van der Waals surface area contributed by atoms with Crippen molar-refractivity contribution in [1.82, 2.24) is 0 Å². The molecule has 0 saturated carbocycles. The molecule has 0 aliphatic carbocycles. The second kappa shape index (κ2) is 2.90. The van der Waals surface area contributed by atoms with Crippen molar-refractivity contribution in [2.45, 2.75) is 12.5 Å². The van der Waals surface area contributed by atoms with Crippen LogP contribution in [0, 0.1) is 5.41 Å². The minimum absolute atomic E-state index is 0.118. The van der Waals surface area contributed by atoms with Crippen LogP contribution < -0.4 is 0 Å². The molecule has 5 nitrogen and oxygen atoms in total. The Morgan fingerprint density at radius 1 is 1.50 bits per heavy atom. The summed E-state index contributed by atoms with van der Waals surface area (Å²) >= 11 is 0. The molecule has 0 aromatic heterocycles. The van der Waals surface area contributed by atoms with Crippen LogP contribution in [0.15, 0.2) is 0 Å². The van der Waals surface area contributed by atoms with Crippen LogP contribution in [0.25, 0.3) is 0 Å². The molecule has 2 aliphatic rings. The first kappa shape index (κ1) is 9.85. The van der Waals surface area contributed by atoms with Gasteiger partial charge in [0.2, 0.25) is 0 Å². The Kier molecular flexibility index (Phi) is 2.04. The number of esters is 1. The summed E-state index contributed by atoms with van der Waals surface area (Å²) in [7, 11) is -4.61. The fraction of sp³-hybridized carbons (Fsp3) is 0.857. The highest BCUT2D eigenvalue weighted by atomic mass is 32.3. The van der Waals surface area contributed by atoms with Crippen molar-refractivity contribution in [2.75, 3.05) is 19.0 Å². The fourth-order valence-corrected chi connectivity index (χ4v) is 2.55. The summed E-state index contributed by atoms with van der Waals surface area (Å²) in [5, 5.41) is 0. The first-order valence-electron chi connectivity index (χ1n) is 4.11. The zero-order chi connectivity index (χ0) is 10.4. The third-order valence-electron chi connectivity index (χ3n) is 2.58. The van der Waals surface area contributed by atoms with Crippen LogP contribution in [0.3, 0.4) is 0 Å². The van der Waals surface area contributed by atoms with Crippen LogP contribution in [-0.2, 0) is 24.5 Å². The molecule has 0 aromatic carbocycles. The average Bonchev–Trinajstić information content (AvgIpc) is 2.21. The summed E-state index contributed by atoms with van der Waals surface area (Å²) in [5.41, 5.74) is -0.601. The molecule has 1 atom stereocenters. The summed E-state index contributed by atoms with van der Waals surface area (Å²) in [6.45, 7) is 0.526. The second-order valence-corrected chi connectivity index (χ2v) is 5.13. The van der Waals surface area contributed by atoms with E-state index in [1.807, 2.05) is 0 Å². The maximum Gasteiger partial charge on any atom is 0.307 e. The van der Waals surface area contributed by atoms with Crippen molar-refractivity contribution < 1.29 is 26.6 Å². The van der Waals surface area contributed by atoms with E-state index in [-0.39, 0.29) is 19.6 Å². The number of halogens is 1. The minimum Gasteiger partial charge on any atom is -0.460 e. The van der Waals surface area contributed by atoms with Gasteiger partial charge in [0.15, 0.2) is 0 Å². The zero-order valence-corrected chi connectivity index (χ0v) is 8.05. The van der Waals surface area contributed by atoms with Crippen molar-refractivity contribution in [1.29, 1.82) is 0 Å². The van der Waals surface area contributed by atoms with E-state index in [1.54, 1.807) is 0 Å². The summed E-state index contributed by atoms with van der Waals surface area (Å²) in [6.07, 6.45) is -0.772. The lowest BCUT2D eigenvalue weighted by Gasteiger charge is -2.39. The van der Waals surface area contributed by atoms with Crippen molar-refractivity contribution in [3.63, 3.8) is 0 Å². The molecule has 2 aliphatic heterocycles. The molecule has 0 bridgehead atoms. The summed E-state index contributed by atoms with van der Waals surface area (Å²) < 4.78 is 42.9. The lowest BCUT2D eigenvalue weighted by atomic mass is 9.80. The van der Waals surface area contributed by atoms with Gasteiger partial charge in [0.1, 0.15) is 11.9 Å². The molecule has 2 saturated heterocycles. The van der Waals surface area contributed by atoms with E-state index in [1.165, 1.54) is 0 Å². The van der Waals surface area contributed by atoms with Gasteiger partial charge in [0.25, 0.3) is 0 Å². The smallest absolute Gasteiger partial charge is 0.307 e. The number of hydrogen-bond acceptors (Lipinski definition) is 5. The number of carbonyl (C=O) groups excluding carboxylic acids is 1. The number of ether oxygens (including phenoxy) is 2. The van der Waals surface area contributed by atoms with Crippen molar-refractivity contribution in [2.24, 2.45) is 5.41 Å². The maximum absolute atomic E-state index is 12.4. The standard InChI is InChI=1S/C7H9FO5S/c8-14(10,11)2-5-7(3-12-4-7)1-6(9)13-5/h5H,1-4H2. The predicted octanol–water partition coefficient (Wildman–Crippen LogP) is -0.382. The topological polar surface area (TPSA) is 69.7 Å². The van der Waals surface area contributed by atoms with E-state index >= 15 is 0 Å². The maximum atomic E-state index is 12.4. The SMILES string of the molecule is O=C1CC2(COC2)C(CS(=O)(=O)F)O1. The van der Waals surface area contributed by atoms with Gasteiger partial charge in [-0.25, -0.2) is 0 Å². The van der Waals surface area contributed by atoms with Crippen LogP contribution in [0.2, 0.25) is 0 Å².